The normalized spacial score (nSPS) is 11.6. The Morgan fingerprint density at radius 3 is 1.68 bits per heavy atom. The summed E-state index contributed by atoms with van der Waals surface area (Å²) in [5.74, 6) is 0.477. The van der Waals surface area contributed by atoms with Crippen LogP contribution in [0.3, 0.4) is 0 Å². The monoisotopic (exact) mass is 634 g/mol. The highest BCUT2D eigenvalue weighted by atomic mass is 16.5. The summed E-state index contributed by atoms with van der Waals surface area (Å²) >= 11 is 0. The molecule has 4 rings (SSSR count). The van der Waals surface area contributed by atoms with Crippen LogP contribution in [0.5, 0.6) is 5.75 Å². The highest BCUT2D eigenvalue weighted by Crippen LogP contribution is 2.31. The van der Waals surface area contributed by atoms with Crippen molar-refractivity contribution < 1.29 is 9.53 Å². The number of benzene rings is 3. The molecule has 252 valence electrons. The number of pyridine rings is 1. The maximum atomic E-state index is 13.1. The van der Waals surface area contributed by atoms with Crippen LogP contribution < -0.4 is 9.64 Å². The first-order chi connectivity index (χ1) is 23.1. The van der Waals surface area contributed by atoms with Gasteiger partial charge in [0.1, 0.15) is 5.75 Å². The van der Waals surface area contributed by atoms with Crippen molar-refractivity contribution in [1.29, 1.82) is 0 Å². The van der Waals surface area contributed by atoms with Gasteiger partial charge in [-0.2, -0.15) is 0 Å². The Bertz CT molecular complexity index is 1480. The van der Waals surface area contributed by atoms with Gasteiger partial charge in [-0.15, -0.1) is 0 Å². The molecule has 0 unspecified atom stereocenters. The molecule has 3 aromatic carbocycles. The van der Waals surface area contributed by atoms with Gasteiger partial charge in [-0.25, -0.2) is 4.98 Å². The lowest BCUT2D eigenvalue weighted by atomic mass is 10.0. The van der Waals surface area contributed by atoms with Crippen molar-refractivity contribution in [2.45, 2.75) is 124 Å². The topological polar surface area (TPSA) is 42.4 Å². The third kappa shape index (κ3) is 11.5. The molecule has 0 saturated heterocycles. The summed E-state index contributed by atoms with van der Waals surface area (Å²) in [7, 11) is 0. The Balaban J connectivity index is 1.30. The molecule has 0 N–H and O–H groups in total. The molecule has 47 heavy (non-hydrogen) atoms. The molecule has 0 saturated carbocycles. The van der Waals surface area contributed by atoms with Crippen LogP contribution in [-0.2, 0) is 4.79 Å². The number of unbranched alkanes of at least 4 members (excludes halogenated alkanes) is 14. The van der Waals surface area contributed by atoms with Gasteiger partial charge in [-0.1, -0.05) is 145 Å². The van der Waals surface area contributed by atoms with Gasteiger partial charge in [-0.3, -0.25) is 4.79 Å². The molecule has 4 aromatic rings. The number of nitrogens with zero attached hydrogens (tertiary/aromatic N) is 2. The van der Waals surface area contributed by atoms with Crippen LogP contribution in [0.2, 0.25) is 0 Å². The van der Waals surface area contributed by atoms with Gasteiger partial charge in [0.05, 0.1) is 11.0 Å². The predicted octanol–water partition coefficient (Wildman–Crippen LogP) is 12.6. The first kappa shape index (κ1) is 36.2. The van der Waals surface area contributed by atoms with Crippen LogP contribution in [0, 0.1) is 0 Å². The summed E-state index contributed by atoms with van der Waals surface area (Å²) < 4.78 is 6.08. The molecule has 0 aliphatic rings. The van der Waals surface area contributed by atoms with Gasteiger partial charge in [0.25, 0.3) is 0 Å². The predicted molar refractivity (Wildman–Crippen MR) is 203 cm³/mol. The van der Waals surface area contributed by atoms with E-state index in [2.05, 4.69) is 86.4 Å². The second-order valence-electron chi connectivity index (χ2n) is 13.0. The van der Waals surface area contributed by atoms with Crippen molar-refractivity contribution in [3.63, 3.8) is 0 Å². The average Bonchev–Trinajstić information content (AvgIpc) is 3.09. The van der Waals surface area contributed by atoms with Crippen molar-refractivity contribution in [3.05, 3.63) is 77.9 Å². The highest BCUT2D eigenvalue weighted by molar-refractivity contribution is 6.04. The lowest BCUT2D eigenvalue weighted by Crippen LogP contribution is -2.22. The van der Waals surface area contributed by atoms with Gasteiger partial charge < -0.3 is 9.64 Å². The van der Waals surface area contributed by atoms with Crippen molar-refractivity contribution in [2.75, 3.05) is 18.0 Å². The lowest BCUT2D eigenvalue weighted by molar-refractivity contribution is -0.134. The molecule has 0 fully saturated rings. The number of rotatable bonds is 22. The van der Waals surface area contributed by atoms with E-state index in [4.69, 9.17) is 9.72 Å². The Labute approximate surface area is 284 Å². The minimum atomic E-state index is -0.147. The first-order valence-electron chi connectivity index (χ1n) is 18.7. The van der Waals surface area contributed by atoms with Gasteiger partial charge in [-0.05, 0) is 50.1 Å². The molecular weight excluding hydrogens is 576 g/mol. The van der Waals surface area contributed by atoms with E-state index in [1.54, 1.807) is 0 Å². The van der Waals surface area contributed by atoms with Crippen LogP contribution in [-0.4, -0.2) is 24.0 Å². The summed E-state index contributed by atoms with van der Waals surface area (Å²) in [5.41, 5.74) is 5.03. The maximum Gasteiger partial charge on any atom is 0.311 e. The molecule has 0 radical (unpaired) electrons. The highest BCUT2D eigenvalue weighted by Gasteiger charge is 2.13. The van der Waals surface area contributed by atoms with E-state index in [0.717, 1.165) is 64.6 Å². The zero-order valence-electron chi connectivity index (χ0n) is 29.4. The zero-order chi connectivity index (χ0) is 33.1. The van der Waals surface area contributed by atoms with Gasteiger partial charge in [0.2, 0.25) is 0 Å². The molecule has 0 atom stereocenters. The lowest BCUT2D eigenvalue weighted by Gasteiger charge is -2.22. The van der Waals surface area contributed by atoms with E-state index >= 15 is 0 Å². The number of para-hydroxylation sites is 2. The fourth-order valence-corrected chi connectivity index (χ4v) is 6.57. The Morgan fingerprint density at radius 2 is 1.15 bits per heavy atom. The standard InChI is InChI=1S/C43H58N2O2/c1-4-7-8-9-10-11-12-13-14-15-16-17-18-19-20-29-43(46)47-42-34-36(45(5-2)6-3)32-30-35(42)31-33-37-38-25-21-23-27-40(38)44-41-28-24-22-26-39(37)41/h21-28,30-34H,4-20,29H2,1-3H3/b33-31+. The molecule has 4 nitrogen and oxygen atoms in total. The number of esters is 1. The molecule has 0 aliphatic carbocycles. The largest absolute Gasteiger partial charge is 0.426 e. The molecular formula is C43H58N2O2. The van der Waals surface area contributed by atoms with Crippen LogP contribution in [0.15, 0.2) is 66.7 Å². The van der Waals surface area contributed by atoms with Gasteiger partial charge >= 0.3 is 5.97 Å². The Hall–Kier alpha value is -3.66. The molecule has 0 bridgehead atoms. The summed E-state index contributed by atoms with van der Waals surface area (Å²) in [6.45, 7) is 8.38. The molecule has 1 aromatic heterocycles. The number of hydrogen-bond acceptors (Lipinski definition) is 4. The second kappa shape index (κ2) is 20.5. The SMILES string of the molecule is CCCCCCCCCCCCCCCCCC(=O)Oc1cc(N(CC)CC)ccc1/C=C/c1c2ccccc2nc2ccccc12. The van der Waals surface area contributed by atoms with Crippen LogP contribution in [0.4, 0.5) is 5.69 Å². The maximum absolute atomic E-state index is 13.1. The molecule has 0 aliphatic heterocycles. The third-order valence-corrected chi connectivity index (χ3v) is 9.39. The first-order valence-corrected chi connectivity index (χ1v) is 18.7. The summed E-state index contributed by atoms with van der Waals surface area (Å²) in [6.07, 6.45) is 24.3. The van der Waals surface area contributed by atoms with Crippen molar-refractivity contribution in [2.24, 2.45) is 0 Å². The molecule has 0 amide bonds. The second-order valence-corrected chi connectivity index (χ2v) is 13.0. The van der Waals surface area contributed by atoms with Gasteiger partial charge in [0.15, 0.2) is 0 Å². The number of anilines is 1. The number of aromatic nitrogens is 1. The number of ether oxygens (including phenoxy) is 1. The van der Waals surface area contributed by atoms with Gasteiger partial charge in [0, 0.05) is 47.6 Å². The fraction of sp³-hybridized carbons (Fsp3) is 0.488. The molecule has 1 heterocycles. The number of carbonyl (C=O) groups is 1. The van der Waals surface area contributed by atoms with E-state index in [9.17, 15) is 4.79 Å². The average molecular weight is 635 g/mol. The van der Waals surface area contributed by atoms with E-state index < -0.39 is 0 Å². The van der Waals surface area contributed by atoms with E-state index in [0.29, 0.717) is 12.2 Å². The Kier molecular flexibility index (Phi) is 15.8. The summed E-state index contributed by atoms with van der Waals surface area (Å²) in [4.78, 5) is 20.2. The van der Waals surface area contributed by atoms with E-state index in [1.165, 1.54) is 83.5 Å². The molecule has 4 heteroatoms. The van der Waals surface area contributed by atoms with Crippen LogP contribution >= 0.6 is 0 Å². The quantitative estimate of drug-likeness (QED) is 0.0373. The van der Waals surface area contributed by atoms with E-state index in [-0.39, 0.29) is 5.97 Å². The van der Waals surface area contributed by atoms with Crippen LogP contribution in [0.25, 0.3) is 34.0 Å². The van der Waals surface area contributed by atoms with E-state index in [1.807, 2.05) is 18.2 Å². The van der Waals surface area contributed by atoms with Crippen LogP contribution in [0.1, 0.15) is 135 Å². The zero-order valence-corrected chi connectivity index (χ0v) is 29.4. The number of hydrogen-bond donors (Lipinski definition) is 0. The van der Waals surface area contributed by atoms with Crippen molar-refractivity contribution in [1.82, 2.24) is 4.98 Å². The summed E-state index contributed by atoms with van der Waals surface area (Å²) in [6, 6.07) is 22.8. The third-order valence-electron chi connectivity index (χ3n) is 9.39. The van der Waals surface area contributed by atoms with Crippen molar-refractivity contribution in [3.8, 4) is 5.75 Å². The smallest absolute Gasteiger partial charge is 0.311 e. The Morgan fingerprint density at radius 1 is 0.638 bits per heavy atom. The molecule has 0 spiro atoms. The minimum Gasteiger partial charge on any atom is -0.426 e. The summed E-state index contributed by atoms with van der Waals surface area (Å²) in [5, 5.41) is 2.21. The number of carbonyl (C=O) groups excluding carboxylic acids is 1. The minimum absolute atomic E-state index is 0.147. The fourth-order valence-electron chi connectivity index (χ4n) is 6.57. The van der Waals surface area contributed by atoms with Crippen molar-refractivity contribution >= 4 is 45.6 Å². The number of fused-ring (bicyclic) bond motifs is 2.